The van der Waals surface area contributed by atoms with Crippen LogP contribution in [-0.2, 0) is 0 Å². The van der Waals surface area contributed by atoms with Crippen LogP contribution in [0.3, 0.4) is 0 Å². The molecule has 0 radical (unpaired) electrons. The summed E-state index contributed by atoms with van der Waals surface area (Å²) in [5, 5.41) is 0. The van der Waals surface area contributed by atoms with Gasteiger partial charge in [-0.15, -0.1) is 0 Å². The van der Waals surface area contributed by atoms with Crippen molar-refractivity contribution in [1.29, 1.82) is 0 Å². The highest BCUT2D eigenvalue weighted by atomic mass is 79.9. The smallest absolute Gasteiger partial charge is 0.133 e. The monoisotopic (exact) mass is 277 g/mol. The van der Waals surface area contributed by atoms with E-state index in [1.165, 1.54) is 0 Å². The topological polar surface area (TPSA) is 22.1 Å². The van der Waals surface area contributed by atoms with Crippen molar-refractivity contribution in [2.24, 2.45) is 0 Å². The van der Waals surface area contributed by atoms with Gasteiger partial charge in [0.15, 0.2) is 0 Å². The molecule has 0 saturated carbocycles. The molecular weight excluding hydrogens is 266 g/mol. The summed E-state index contributed by atoms with van der Waals surface area (Å²) in [6.45, 7) is 4.02. The molecule has 2 nitrogen and oxygen atoms in total. The van der Waals surface area contributed by atoms with Crippen LogP contribution in [-0.4, -0.2) is 4.98 Å². The van der Waals surface area contributed by atoms with E-state index in [4.69, 9.17) is 4.74 Å². The second-order valence-corrected chi connectivity index (χ2v) is 4.51. The normalized spacial score (nSPS) is 10.2. The van der Waals surface area contributed by atoms with E-state index in [9.17, 15) is 0 Å². The van der Waals surface area contributed by atoms with Crippen molar-refractivity contribution >= 4 is 15.9 Å². The zero-order valence-electron chi connectivity index (χ0n) is 9.20. The van der Waals surface area contributed by atoms with Gasteiger partial charge in [0.25, 0.3) is 0 Å². The van der Waals surface area contributed by atoms with Gasteiger partial charge in [-0.3, -0.25) is 4.98 Å². The number of rotatable bonds is 2. The number of benzene rings is 1. The Balaban J connectivity index is 2.28. The maximum atomic E-state index is 5.78. The lowest BCUT2D eigenvalue weighted by Crippen LogP contribution is -1.89. The van der Waals surface area contributed by atoms with Gasteiger partial charge in [0.2, 0.25) is 0 Å². The molecule has 0 aliphatic carbocycles. The fourth-order valence-corrected chi connectivity index (χ4v) is 1.63. The Kier molecular flexibility index (Phi) is 3.25. The lowest BCUT2D eigenvalue weighted by atomic mass is 10.2. The zero-order chi connectivity index (χ0) is 11.5. The summed E-state index contributed by atoms with van der Waals surface area (Å²) in [5.74, 6) is 1.69. The van der Waals surface area contributed by atoms with Gasteiger partial charge >= 0.3 is 0 Å². The van der Waals surface area contributed by atoms with E-state index in [0.717, 1.165) is 27.1 Å². The van der Waals surface area contributed by atoms with E-state index in [1.807, 2.05) is 38.1 Å². The Morgan fingerprint density at radius 2 is 1.94 bits per heavy atom. The van der Waals surface area contributed by atoms with Gasteiger partial charge in [-0.25, -0.2) is 0 Å². The van der Waals surface area contributed by atoms with Crippen molar-refractivity contribution in [3.05, 3.63) is 52.3 Å². The summed E-state index contributed by atoms with van der Waals surface area (Å²) in [5.41, 5.74) is 2.19. The third kappa shape index (κ3) is 2.42. The van der Waals surface area contributed by atoms with Gasteiger partial charge in [-0.1, -0.05) is 15.9 Å². The molecule has 1 aromatic heterocycles. The molecule has 0 unspecified atom stereocenters. The first-order valence-corrected chi connectivity index (χ1v) is 5.81. The molecule has 1 aromatic carbocycles. The fourth-order valence-electron chi connectivity index (χ4n) is 1.38. The summed E-state index contributed by atoms with van der Waals surface area (Å²) in [4.78, 5) is 4.03. The first-order valence-electron chi connectivity index (χ1n) is 5.01. The van der Waals surface area contributed by atoms with Crippen LogP contribution < -0.4 is 4.74 Å². The van der Waals surface area contributed by atoms with E-state index < -0.39 is 0 Å². The maximum Gasteiger partial charge on any atom is 0.133 e. The van der Waals surface area contributed by atoms with Crippen LogP contribution in [0.15, 0.2) is 41.1 Å². The number of ether oxygens (including phenoxy) is 1. The number of halogens is 1. The van der Waals surface area contributed by atoms with E-state index in [2.05, 4.69) is 20.9 Å². The summed E-state index contributed by atoms with van der Waals surface area (Å²) in [6.07, 6.45) is 3.52. The first kappa shape index (κ1) is 11.1. The standard InChI is InChI=1S/C13H12BrNO/c1-9-7-11(3-4-12(9)14)16-13-5-6-15-8-10(13)2/h3-8H,1-2H3. The van der Waals surface area contributed by atoms with Gasteiger partial charge in [0.05, 0.1) is 0 Å². The predicted octanol–water partition coefficient (Wildman–Crippen LogP) is 4.25. The van der Waals surface area contributed by atoms with Crippen LogP contribution in [0.5, 0.6) is 11.5 Å². The molecule has 2 rings (SSSR count). The number of nitrogens with zero attached hydrogens (tertiary/aromatic N) is 1. The van der Waals surface area contributed by atoms with Crippen LogP contribution >= 0.6 is 15.9 Å². The molecule has 0 aliphatic rings. The number of hydrogen-bond acceptors (Lipinski definition) is 2. The molecule has 2 aromatic rings. The average Bonchev–Trinajstić information content (AvgIpc) is 2.27. The summed E-state index contributed by atoms with van der Waals surface area (Å²) >= 11 is 3.46. The van der Waals surface area contributed by atoms with Gasteiger partial charge < -0.3 is 4.74 Å². The Morgan fingerprint density at radius 3 is 2.62 bits per heavy atom. The number of aromatic nitrogens is 1. The molecule has 0 saturated heterocycles. The molecule has 16 heavy (non-hydrogen) atoms. The summed E-state index contributed by atoms with van der Waals surface area (Å²) in [6, 6.07) is 7.80. The molecule has 1 heterocycles. The third-order valence-electron chi connectivity index (χ3n) is 2.33. The number of hydrogen-bond donors (Lipinski definition) is 0. The van der Waals surface area contributed by atoms with Crippen molar-refractivity contribution in [1.82, 2.24) is 4.98 Å². The Bertz CT molecular complexity index is 511. The van der Waals surface area contributed by atoms with E-state index >= 15 is 0 Å². The van der Waals surface area contributed by atoms with Crippen LogP contribution in [0, 0.1) is 13.8 Å². The molecule has 0 aliphatic heterocycles. The minimum atomic E-state index is 0.843. The predicted molar refractivity (Wildman–Crippen MR) is 67.9 cm³/mol. The molecule has 0 atom stereocenters. The molecule has 0 bridgehead atoms. The highest BCUT2D eigenvalue weighted by molar-refractivity contribution is 9.10. The van der Waals surface area contributed by atoms with E-state index in [-0.39, 0.29) is 0 Å². The van der Waals surface area contributed by atoms with Gasteiger partial charge in [0, 0.05) is 22.4 Å². The lowest BCUT2D eigenvalue weighted by Gasteiger charge is -2.09. The van der Waals surface area contributed by atoms with Crippen molar-refractivity contribution in [3.8, 4) is 11.5 Å². The number of aryl methyl sites for hydroxylation is 2. The van der Waals surface area contributed by atoms with Gasteiger partial charge in [-0.05, 0) is 43.7 Å². The highest BCUT2D eigenvalue weighted by Crippen LogP contribution is 2.27. The Labute approximate surface area is 103 Å². The highest BCUT2D eigenvalue weighted by Gasteiger charge is 2.02. The molecule has 0 fully saturated rings. The average molecular weight is 278 g/mol. The molecule has 3 heteroatoms. The maximum absolute atomic E-state index is 5.78. The van der Waals surface area contributed by atoms with Crippen LogP contribution in [0.25, 0.3) is 0 Å². The molecule has 0 spiro atoms. The van der Waals surface area contributed by atoms with Crippen molar-refractivity contribution in [2.75, 3.05) is 0 Å². The molecular formula is C13H12BrNO. The lowest BCUT2D eigenvalue weighted by molar-refractivity contribution is 0.477. The van der Waals surface area contributed by atoms with Crippen LogP contribution in [0.2, 0.25) is 0 Å². The largest absolute Gasteiger partial charge is 0.457 e. The molecule has 0 amide bonds. The summed E-state index contributed by atoms with van der Waals surface area (Å²) < 4.78 is 6.87. The van der Waals surface area contributed by atoms with Crippen LogP contribution in [0.1, 0.15) is 11.1 Å². The fraction of sp³-hybridized carbons (Fsp3) is 0.154. The van der Waals surface area contributed by atoms with Gasteiger partial charge in [-0.2, -0.15) is 0 Å². The second kappa shape index (κ2) is 4.66. The van der Waals surface area contributed by atoms with Crippen LogP contribution in [0.4, 0.5) is 0 Å². The minimum Gasteiger partial charge on any atom is -0.457 e. The third-order valence-corrected chi connectivity index (χ3v) is 3.22. The van der Waals surface area contributed by atoms with Gasteiger partial charge in [0.1, 0.15) is 11.5 Å². The van der Waals surface area contributed by atoms with Crippen molar-refractivity contribution in [2.45, 2.75) is 13.8 Å². The summed E-state index contributed by atoms with van der Waals surface area (Å²) in [7, 11) is 0. The zero-order valence-corrected chi connectivity index (χ0v) is 10.8. The molecule has 82 valence electrons. The van der Waals surface area contributed by atoms with E-state index in [1.54, 1.807) is 12.4 Å². The van der Waals surface area contributed by atoms with Crippen molar-refractivity contribution < 1.29 is 4.74 Å². The molecule has 0 N–H and O–H groups in total. The quantitative estimate of drug-likeness (QED) is 0.819. The van der Waals surface area contributed by atoms with E-state index in [0.29, 0.717) is 0 Å². The minimum absolute atomic E-state index is 0.843. The SMILES string of the molecule is Cc1cc(Oc2ccncc2C)ccc1Br. The second-order valence-electron chi connectivity index (χ2n) is 3.65. The Morgan fingerprint density at radius 1 is 1.12 bits per heavy atom. The Hall–Kier alpha value is -1.35. The first-order chi connectivity index (χ1) is 7.66. The number of pyridine rings is 1. The van der Waals surface area contributed by atoms with Crippen molar-refractivity contribution in [3.63, 3.8) is 0 Å².